The van der Waals surface area contributed by atoms with Crippen molar-refractivity contribution in [2.75, 3.05) is 18.0 Å². The van der Waals surface area contributed by atoms with Crippen molar-refractivity contribution in [3.63, 3.8) is 0 Å². The van der Waals surface area contributed by atoms with Crippen molar-refractivity contribution in [2.24, 2.45) is 11.7 Å². The predicted molar refractivity (Wildman–Crippen MR) is 82.5 cm³/mol. The molecule has 4 heteroatoms. The van der Waals surface area contributed by atoms with E-state index in [-0.39, 0.29) is 5.84 Å². The van der Waals surface area contributed by atoms with Crippen molar-refractivity contribution in [1.29, 1.82) is 5.41 Å². The van der Waals surface area contributed by atoms with Gasteiger partial charge in [0, 0.05) is 28.8 Å². The Balaban J connectivity index is 2.94. The van der Waals surface area contributed by atoms with Crippen molar-refractivity contribution in [3.8, 4) is 0 Å². The molecule has 1 rings (SSSR count). The zero-order valence-corrected chi connectivity index (χ0v) is 12.9. The van der Waals surface area contributed by atoms with Gasteiger partial charge in [-0.2, -0.15) is 0 Å². The topological polar surface area (TPSA) is 53.1 Å². The molecule has 1 aromatic rings. The number of benzene rings is 1. The summed E-state index contributed by atoms with van der Waals surface area (Å²) in [6.07, 6.45) is 1.18. The third kappa shape index (κ3) is 3.73. The van der Waals surface area contributed by atoms with E-state index in [1.807, 2.05) is 18.2 Å². The van der Waals surface area contributed by atoms with Crippen LogP contribution in [0.4, 0.5) is 5.69 Å². The normalized spacial score (nSPS) is 12.2. The summed E-state index contributed by atoms with van der Waals surface area (Å²) in [7, 11) is 0. The minimum Gasteiger partial charge on any atom is -0.384 e. The van der Waals surface area contributed by atoms with E-state index in [0.717, 1.165) is 23.1 Å². The fourth-order valence-electron chi connectivity index (χ4n) is 1.84. The Bertz CT molecular complexity index is 418. The van der Waals surface area contributed by atoms with Gasteiger partial charge in [0.25, 0.3) is 0 Å². The molecule has 0 aromatic heterocycles. The lowest BCUT2D eigenvalue weighted by atomic mass is 10.1. The van der Waals surface area contributed by atoms with Gasteiger partial charge in [-0.3, -0.25) is 5.41 Å². The molecule has 18 heavy (non-hydrogen) atoms. The first-order valence-corrected chi connectivity index (χ1v) is 7.17. The summed E-state index contributed by atoms with van der Waals surface area (Å²) in [6.45, 7) is 8.68. The van der Waals surface area contributed by atoms with Crippen LogP contribution >= 0.6 is 15.9 Å². The summed E-state index contributed by atoms with van der Waals surface area (Å²) in [5.74, 6) is 0.773. The number of anilines is 1. The van der Waals surface area contributed by atoms with Crippen molar-refractivity contribution in [2.45, 2.75) is 27.2 Å². The first-order valence-electron chi connectivity index (χ1n) is 6.38. The first-order chi connectivity index (χ1) is 8.49. The number of nitrogens with two attached hydrogens (primary N) is 1. The van der Waals surface area contributed by atoms with Crippen LogP contribution in [0.2, 0.25) is 0 Å². The monoisotopic (exact) mass is 311 g/mol. The van der Waals surface area contributed by atoms with Crippen LogP contribution in [0.5, 0.6) is 0 Å². The number of amidine groups is 1. The third-order valence-electron chi connectivity index (χ3n) is 3.22. The highest BCUT2D eigenvalue weighted by molar-refractivity contribution is 9.10. The van der Waals surface area contributed by atoms with Gasteiger partial charge in [-0.1, -0.05) is 20.3 Å². The average Bonchev–Trinajstić information content (AvgIpc) is 2.34. The van der Waals surface area contributed by atoms with Gasteiger partial charge >= 0.3 is 0 Å². The molecule has 0 amide bonds. The Hall–Kier alpha value is -1.03. The summed E-state index contributed by atoms with van der Waals surface area (Å²) in [5, 5.41) is 7.48. The molecule has 3 nitrogen and oxygen atoms in total. The Labute approximate surface area is 118 Å². The Morgan fingerprint density at radius 1 is 1.44 bits per heavy atom. The smallest absolute Gasteiger partial charge is 0.123 e. The highest BCUT2D eigenvalue weighted by Crippen LogP contribution is 2.24. The predicted octanol–water partition coefficient (Wildman–Crippen LogP) is 3.61. The highest BCUT2D eigenvalue weighted by Gasteiger charge is 2.11. The summed E-state index contributed by atoms with van der Waals surface area (Å²) < 4.78 is 0.884. The first kappa shape index (κ1) is 15.0. The fraction of sp³-hybridized carbons (Fsp3) is 0.500. The molecule has 0 aliphatic rings. The van der Waals surface area contributed by atoms with E-state index in [2.05, 4.69) is 41.6 Å². The van der Waals surface area contributed by atoms with E-state index in [0.29, 0.717) is 5.92 Å². The maximum absolute atomic E-state index is 7.48. The highest BCUT2D eigenvalue weighted by atomic mass is 79.9. The van der Waals surface area contributed by atoms with Crippen LogP contribution in [0.1, 0.15) is 32.8 Å². The van der Waals surface area contributed by atoms with Gasteiger partial charge in [-0.15, -0.1) is 0 Å². The molecule has 0 spiro atoms. The van der Waals surface area contributed by atoms with Gasteiger partial charge in [-0.25, -0.2) is 0 Å². The van der Waals surface area contributed by atoms with Gasteiger partial charge in [0.05, 0.1) is 0 Å². The lowest BCUT2D eigenvalue weighted by Crippen LogP contribution is -2.28. The number of halogens is 1. The largest absolute Gasteiger partial charge is 0.384 e. The van der Waals surface area contributed by atoms with Crippen LogP contribution < -0.4 is 10.6 Å². The van der Waals surface area contributed by atoms with Gasteiger partial charge in [0.15, 0.2) is 0 Å². The second-order valence-corrected chi connectivity index (χ2v) is 5.48. The number of hydrogen-bond acceptors (Lipinski definition) is 2. The molecule has 0 bridgehead atoms. The molecular weight excluding hydrogens is 290 g/mol. The van der Waals surface area contributed by atoms with Gasteiger partial charge in [-0.05, 0) is 47.0 Å². The maximum Gasteiger partial charge on any atom is 0.123 e. The molecule has 0 saturated heterocycles. The summed E-state index contributed by atoms with van der Waals surface area (Å²) >= 11 is 3.48. The summed E-state index contributed by atoms with van der Waals surface area (Å²) in [6, 6.07) is 5.98. The van der Waals surface area contributed by atoms with Crippen molar-refractivity contribution < 1.29 is 0 Å². The zero-order valence-electron chi connectivity index (χ0n) is 11.3. The standard InChI is InChI=1S/C14H22BrN3/c1-4-10(3)9-18(5-2)11-6-7-12(14(16)17)13(15)8-11/h6-8,10H,4-5,9H2,1-3H3,(H3,16,17). The molecule has 0 fully saturated rings. The molecule has 0 aliphatic carbocycles. The molecule has 1 aromatic carbocycles. The number of nitrogens with one attached hydrogen (secondary N) is 1. The number of rotatable bonds is 6. The van der Waals surface area contributed by atoms with Crippen LogP contribution in [0.25, 0.3) is 0 Å². The van der Waals surface area contributed by atoms with Gasteiger partial charge < -0.3 is 10.6 Å². The van der Waals surface area contributed by atoms with Crippen molar-refractivity contribution >= 4 is 27.5 Å². The molecule has 100 valence electrons. The van der Waals surface area contributed by atoms with Crippen LogP contribution in [0.15, 0.2) is 22.7 Å². The van der Waals surface area contributed by atoms with Gasteiger partial charge in [0.1, 0.15) is 5.84 Å². The number of nitrogen functional groups attached to an aromatic ring is 1. The molecule has 0 heterocycles. The number of hydrogen-bond donors (Lipinski definition) is 2. The second-order valence-electron chi connectivity index (χ2n) is 4.63. The minimum atomic E-state index is 0.0957. The summed E-state index contributed by atoms with van der Waals surface area (Å²) in [5.41, 5.74) is 7.44. The summed E-state index contributed by atoms with van der Waals surface area (Å²) in [4.78, 5) is 2.35. The SMILES string of the molecule is CCC(C)CN(CC)c1ccc(C(=N)N)c(Br)c1. The van der Waals surface area contributed by atoms with Crippen LogP contribution in [0, 0.1) is 11.3 Å². The van der Waals surface area contributed by atoms with E-state index in [9.17, 15) is 0 Å². The van der Waals surface area contributed by atoms with E-state index in [1.54, 1.807) is 0 Å². The van der Waals surface area contributed by atoms with E-state index in [1.165, 1.54) is 12.1 Å². The third-order valence-corrected chi connectivity index (χ3v) is 3.87. The van der Waals surface area contributed by atoms with E-state index >= 15 is 0 Å². The van der Waals surface area contributed by atoms with E-state index in [4.69, 9.17) is 11.1 Å². The van der Waals surface area contributed by atoms with E-state index < -0.39 is 0 Å². The molecule has 3 N–H and O–H groups in total. The maximum atomic E-state index is 7.48. The lowest BCUT2D eigenvalue weighted by molar-refractivity contribution is 0.548. The van der Waals surface area contributed by atoms with Crippen LogP contribution in [-0.4, -0.2) is 18.9 Å². The van der Waals surface area contributed by atoms with Gasteiger partial charge in [0.2, 0.25) is 0 Å². The molecule has 1 unspecified atom stereocenters. The van der Waals surface area contributed by atoms with Crippen molar-refractivity contribution in [1.82, 2.24) is 0 Å². The second kappa shape index (κ2) is 6.78. The number of nitrogens with zero attached hydrogens (tertiary/aromatic N) is 1. The molecule has 1 atom stereocenters. The minimum absolute atomic E-state index is 0.0957. The Morgan fingerprint density at radius 3 is 2.56 bits per heavy atom. The molecule has 0 aliphatic heterocycles. The van der Waals surface area contributed by atoms with Crippen molar-refractivity contribution in [3.05, 3.63) is 28.2 Å². The van der Waals surface area contributed by atoms with Crippen LogP contribution in [0.3, 0.4) is 0 Å². The Kier molecular flexibility index (Phi) is 5.66. The Morgan fingerprint density at radius 2 is 2.11 bits per heavy atom. The average molecular weight is 312 g/mol. The quantitative estimate of drug-likeness (QED) is 0.623. The molecule has 0 saturated carbocycles. The lowest BCUT2D eigenvalue weighted by Gasteiger charge is -2.26. The fourth-order valence-corrected chi connectivity index (χ4v) is 2.42. The van der Waals surface area contributed by atoms with Crippen LogP contribution in [-0.2, 0) is 0 Å². The molecular formula is C14H22BrN3. The zero-order chi connectivity index (χ0) is 13.7. The molecule has 0 radical (unpaired) electrons.